The fourth-order valence-corrected chi connectivity index (χ4v) is 1.98. The Bertz CT molecular complexity index is 518. The van der Waals surface area contributed by atoms with Gasteiger partial charge >= 0.3 is 0 Å². The van der Waals surface area contributed by atoms with Crippen LogP contribution in [0.25, 0.3) is 11.3 Å². The van der Waals surface area contributed by atoms with Gasteiger partial charge in [0.05, 0.1) is 17.9 Å². The number of unbranched alkanes of at least 4 members (excludes halogenated alkanes) is 1. The standard InChI is InChI=1S/C10H13N5.C4H10.C2H6.H2/c1-6-5-12-9-10(13-6)15-8(14-9)7-3-2-4-11-7;1-3-4-2;1-2;/h5,7,11H,2-4H2,1H3,(H,12,13,14,15);3-4H2,1-2H3;1-2H3;1H. The molecule has 1 aliphatic heterocycles. The highest BCUT2D eigenvalue weighted by atomic mass is 15.1. The van der Waals surface area contributed by atoms with Crippen molar-refractivity contribution >= 4 is 11.3 Å². The monoisotopic (exact) mass is 293 g/mol. The molecule has 2 aromatic heterocycles. The molecule has 120 valence electrons. The molecule has 5 heteroatoms. The second kappa shape index (κ2) is 9.45. The predicted octanol–water partition coefficient (Wildman–Crippen LogP) is 4.16. The molecule has 21 heavy (non-hydrogen) atoms. The Kier molecular flexibility index (Phi) is 7.90. The van der Waals surface area contributed by atoms with Gasteiger partial charge in [0, 0.05) is 1.43 Å². The number of hydrogen-bond donors (Lipinski definition) is 2. The quantitative estimate of drug-likeness (QED) is 0.872. The van der Waals surface area contributed by atoms with E-state index < -0.39 is 0 Å². The number of H-pyrrole nitrogens is 1. The van der Waals surface area contributed by atoms with E-state index in [2.05, 4.69) is 39.1 Å². The summed E-state index contributed by atoms with van der Waals surface area (Å²) in [4.78, 5) is 16.3. The van der Waals surface area contributed by atoms with Crippen molar-refractivity contribution in [1.29, 1.82) is 0 Å². The molecule has 0 spiro atoms. The first-order chi connectivity index (χ1) is 10.2. The molecular weight excluding hydrogens is 262 g/mol. The first-order valence-electron chi connectivity index (χ1n) is 8.17. The summed E-state index contributed by atoms with van der Waals surface area (Å²) in [5.74, 6) is 0.966. The maximum atomic E-state index is 4.44. The third-order valence-electron chi connectivity index (χ3n) is 3.24. The van der Waals surface area contributed by atoms with Crippen LogP contribution in [0, 0.1) is 6.92 Å². The lowest BCUT2D eigenvalue weighted by Gasteiger charge is -2.03. The van der Waals surface area contributed by atoms with Crippen LogP contribution >= 0.6 is 0 Å². The van der Waals surface area contributed by atoms with Gasteiger partial charge in [-0.2, -0.15) is 0 Å². The van der Waals surface area contributed by atoms with E-state index in [1.165, 1.54) is 19.3 Å². The van der Waals surface area contributed by atoms with Crippen LogP contribution in [0.1, 0.15) is 72.4 Å². The van der Waals surface area contributed by atoms with Crippen LogP contribution in [-0.2, 0) is 0 Å². The van der Waals surface area contributed by atoms with Gasteiger partial charge in [0.15, 0.2) is 11.3 Å². The Labute approximate surface area is 129 Å². The molecule has 0 aromatic carbocycles. The summed E-state index contributed by atoms with van der Waals surface area (Å²) in [6.07, 6.45) is 6.73. The maximum Gasteiger partial charge on any atom is 0.197 e. The molecule has 1 atom stereocenters. The van der Waals surface area contributed by atoms with Gasteiger partial charge in [0.2, 0.25) is 0 Å². The van der Waals surface area contributed by atoms with Crippen LogP contribution < -0.4 is 5.32 Å². The summed E-state index contributed by atoms with van der Waals surface area (Å²) in [6.45, 7) is 11.4. The van der Waals surface area contributed by atoms with Crippen molar-refractivity contribution in [2.24, 2.45) is 0 Å². The Morgan fingerprint density at radius 1 is 1.24 bits per heavy atom. The normalized spacial score (nSPS) is 16.9. The lowest BCUT2D eigenvalue weighted by molar-refractivity contribution is 0.614. The van der Waals surface area contributed by atoms with Crippen LogP contribution in [-0.4, -0.2) is 26.5 Å². The summed E-state index contributed by atoms with van der Waals surface area (Å²) < 4.78 is 0. The number of rotatable bonds is 2. The Hall–Kier alpha value is -1.49. The van der Waals surface area contributed by atoms with Gasteiger partial charge in [-0.1, -0.05) is 40.5 Å². The number of nitrogens with one attached hydrogen (secondary N) is 2. The SMILES string of the molecule is CC.CCCC.Cc1cnc2nc(C3CCCN3)[nH]c2n1.[HH]. The van der Waals surface area contributed by atoms with Gasteiger partial charge in [-0.15, -0.1) is 0 Å². The van der Waals surface area contributed by atoms with Crippen molar-refractivity contribution in [2.45, 2.75) is 66.3 Å². The van der Waals surface area contributed by atoms with Crippen LogP contribution in [0.3, 0.4) is 0 Å². The topological polar surface area (TPSA) is 66.5 Å². The summed E-state index contributed by atoms with van der Waals surface area (Å²) in [7, 11) is 0. The molecule has 0 bridgehead atoms. The van der Waals surface area contributed by atoms with Crippen molar-refractivity contribution in [3.8, 4) is 0 Å². The molecule has 0 aliphatic carbocycles. The largest absolute Gasteiger partial charge is 0.324 e. The molecule has 0 amide bonds. The molecule has 1 aliphatic rings. The minimum absolute atomic E-state index is 0. The number of imidazole rings is 1. The predicted molar refractivity (Wildman–Crippen MR) is 90.4 cm³/mol. The van der Waals surface area contributed by atoms with E-state index in [0.717, 1.165) is 30.1 Å². The van der Waals surface area contributed by atoms with E-state index in [1.54, 1.807) is 6.20 Å². The first kappa shape index (κ1) is 17.6. The van der Waals surface area contributed by atoms with Crippen molar-refractivity contribution in [2.75, 3.05) is 6.54 Å². The fraction of sp³-hybridized carbons (Fsp3) is 0.688. The van der Waals surface area contributed by atoms with Crippen LogP contribution in [0.4, 0.5) is 0 Å². The molecule has 2 N–H and O–H groups in total. The van der Waals surface area contributed by atoms with Crippen molar-refractivity contribution < 1.29 is 1.43 Å². The van der Waals surface area contributed by atoms with E-state index in [9.17, 15) is 0 Å². The Morgan fingerprint density at radius 3 is 2.52 bits per heavy atom. The molecule has 0 saturated carbocycles. The number of hydrogen-bond acceptors (Lipinski definition) is 4. The number of aromatic amines is 1. The average molecular weight is 293 g/mol. The molecule has 5 nitrogen and oxygen atoms in total. The Balaban J connectivity index is 0.000000555. The molecule has 2 aromatic rings. The maximum absolute atomic E-state index is 4.44. The molecule has 1 fully saturated rings. The lowest BCUT2D eigenvalue weighted by Crippen LogP contribution is -2.14. The van der Waals surface area contributed by atoms with Gasteiger partial charge in [0.1, 0.15) is 5.82 Å². The van der Waals surface area contributed by atoms with E-state index in [0.29, 0.717) is 11.7 Å². The highest BCUT2D eigenvalue weighted by Crippen LogP contribution is 2.21. The highest BCUT2D eigenvalue weighted by molar-refractivity contribution is 5.65. The van der Waals surface area contributed by atoms with Crippen molar-refractivity contribution in [1.82, 2.24) is 25.3 Å². The zero-order chi connectivity index (χ0) is 15.7. The molecule has 1 unspecified atom stereocenters. The van der Waals surface area contributed by atoms with Gasteiger partial charge in [0.25, 0.3) is 0 Å². The van der Waals surface area contributed by atoms with Gasteiger partial charge in [-0.05, 0) is 26.3 Å². The summed E-state index contributed by atoms with van der Waals surface area (Å²) >= 11 is 0. The Morgan fingerprint density at radius 2 is 1.95 bits per heavy atom. The molecule has 3 heterocycles. The van der Waals surface area contributed by atoms with Crippen molar-refractivity contribution in [3.05, 3.63) is 17.7 Å². The first-order valence-corrected chi connectivity index (χ1v) is 8.17. The van der Waals surface area contributed by atoms with Gasteiger partial charge in [-0.3, -0.25) is 0 Å². The van der Waals surface area contributed by atoms with Gasteiger partial charge < -0.3 is 10.3 Å². The second-order valence-corrected chi connectivity index (χ2v) is 4.95. The van der Waals surface area contributed by atoms with Crippen LogP contribution in [0.2, 0.25) is 0 Å². The third-order valence-corrected chi connectivity index (χ3v) is 3.24. The number of fused-ring (bicyclic) bond motifs is 1. The molecule has 0 radical (unpaired) electrons. The molecular formula is C16H31N5. The number of aromatic nitrogens is 4. The van der Waals surface area contributed by atoms with E-state index in [4.69, 9.17) is 0 Å². The third kappa shape index (κ3) is 5.08. The minimum Gasteiger partial charge on any atom is -0.324 e. The zero-order valence-corrected chi connectivity index (χ0v) is 14.0. The van der Waals surface area contributed by atoms with Crippen LogP contribution in [0.15, 0.2) is 6.20 Å². The van der Waals surface area contributed by atoms with E-state index in [-0.39, 0.29) is 1.43 Å². The smallest absolute Gasteiger partial charge is 0.197 e. The number of nitrogens with zero attached hydrogens (tertiary/aromatic N) is 3. The zero-order valence-electron chi connectivity index (χ0n) is 14.0. The summed E-state index contributed by atoms with van der Waals surface area (Å²) in [6, 6.07) is 0.348. The second-order valence-electron chi connectivity index (χ2n) is 4.95. The minimum atomic E-state index is 0. The average Bonchev–Trinajstić information content (AvgIpc) is 3.17. The van der Waals surface area contributed by atoms with E-state index >= 15 is 0 Å². The molecule has 1 saturated heterocycles. The van der Waals surface area contributed by atoms with E-state index in [1.807, 2.05) is 20.8 Å². The molecule has 3 rings (SSSR count). The lowest BCUT2D eigenvalue weighted by atomic mass is 10.2. The summed E-state index contributed by atoms with van der Waals surface area (Å²) in [5, 5.41) is 3.40. The van der Waals surface area contributed by atoms with Crippen molar-refractivity contribution in [3.63, 3.8) is 0 Å². The fourth-order valence-electron chi connectivity index (χ4n) is 1.98. The number of aryl methyl sites for hydroxylation is 1. The summed E-state index contributed by atoms with van der Waals surface area (Å²) in [5.41, 5.74) is 2.42. The van der Waals surface area contributed by atoms with Crippen LogP contribution in [0.5, 0.6) is 0 Å². The highest BCUT2D eigenvalue weighted by Gasteiger charge is 2.19. The van der Waals surface area contributed by atoms with Gasteiger partial charge in [-0.25, -0.2) is 15.0 Å².